The minimum absolute atomic E-state index is 0.169. The molecule has 118 valence electrons. The van der Waals surface area contributed by atoms with Gasteiger partial charge in [-0.05, 0) is 30.3 Å². The minimum Gasteiger partial charge on any atom is -0.497 e. The summed E-state index contributed by atoms with van der Waals surface area (Å²) < 4.78 is 16.0. The molecule has 0 saturated carbocycles. The highest BCUT2D eigenvalue weighted by Gasteiger charge is 2.13. The lowest BCUT2D eigenvalue weighted by atomic mass is 10.2. The summed E-state index contributed by atoms with van der Waals surface area (Å²) in [5.74, 6) is 2.09. The Bertz CT molecular complexity index is 821. The molecule has 23 heavy (non-hydrogen) atoms. The van der Waals surface area contributed by atoms with Gasteiger partial charge in [-0.25, -0.2) is 0 Å². The smallest absolute Gasteiger partial charge is 0.259 e. The summed E-state index contributed by atoms with van der Waals surface area (Å²) in [6.45, 7) is 0.169. The minimum atomic E-state index is 0.169. The van der Waals surface area contributed by atoms with Crippen molar-refractivity contribution in [2.45, 2.75) is 6.61 Å². The number of hydrogen-bond acceptors (Lipinski definition) is 5. The number of nitrogens with zero attached hydrogens (tertiary/aromatic N) is 2. The first-order valence-corrected chi connectivity index (χ1v) is 7.46. The summed E-state index contributed by atoms with van der Waals surface area (Å²) in [6, 6.07) is 12.3. The molecular formula is C16H12Cl2N2O3. The molecular weight excluding hydrogens is 339 g/mol. The largest absolute Gasteiger partial charge is 0.497 e. The Morgan fingerprint density at radius 2 is 1.91 bits per heavy atom. The molecule has 0 amide bonds. The van der Waals surface area contributed by atoms with E-state index >= 15 is 0 Å². The topological polar surface area (TPSA) is 57.4 Å². The van der Waals surface area contributed by atoms with Gasteiger partial charge in [0.2, 0.25) is 5.82 Å². The Morgan fingerprint density at radius 1 is 1.09 bits per heavy atom. The number of aromatic nitrogens is 2. The first kappa shape index (κ1) is 15.6. The Kier molecular flexibility index (Phi) is 4.69. The van der Waals surface area contributed by atoms with Gasteiger partial charge >= 0.3 is 0 Å². The van der Waals surface area contributed by atoms with E-state index in [2.05, 4.69) is 10.1 Å². The third kappa shape index (κ3) is 3.75. The molecule has 0 atom stereocenters. The number of methoxy groups -OCH3 is 1. The molecule has 0 unspecified atom stereocenters. The molecule has 5 nitrogen and oxygen atoms in total. The van der Waals surface area contributed by atoms with Crippen LogP contribution in [0, 0.1) is 0 Å². The highest BCUT2D eigenvalue weighted by Crippen LogP contribution is 2.29. The lowest BCUT2D eigenvalue weighted by Gasteiger charge is -2.05. The van der Waals surface area contributed by atoms with Crippen LogP contribution in [-0.4, -0.2) is 17.3 Å². The summed E-state index contributed by atoms with van der Waals surface area (Å²) in [6.07, 6.45) is 0. The van der Waals surface area contributed by atoms with Gasteiger partial charge in [0.1, 0.15) is 11.5 Å². The summed E-state index contributed by atoms with van der Waals surface area (Å²) >= 11 is 12.0. The number of hydrogen-bond donors (Lipinski definition) is 0. The van der Waals surface area contributed by atoms with E-state index in [-0.39, 0.29) is 6.61 Å². The highest BCUT2D eigenvalue weighted by atomic mass is 35.5. The fourth-order valence-electron chi connectivity index (χ4n) is 1.92. The van der Waals surface area contributed by atoms with Crippen LogP contribution in [0.25, 0.3) is 11.5 Å². The van der Waals surface area contributed by atoms with E-state index in [1.165, 1.54) is 0 Å². The summed E-state index contributed by atoms with van der Waals surface area (Å²) in [7, 11) is 1.60. The predicted octanol–water partition coefficient (Wildman–Crippen LogP) is 4.63. The zero-order valence-corrected chi connectivity index (χ0v) is 13.6. The average Bonchev–Trinajstić information content (AvgIpc) is 3.02. The second kappa shape index (κ2) is 6.89. The molecule has 7 heteroatoms. The number of benzene rings is 2. The van der Waals surface area contributed by atoms with Crippen LogP contribution in [0.4, 0.5) is 0 Å². The summed E-state index contributed by atoms with van der Waals surface area (Å²) in [5.41, 5.74) is 0.621. The fourth-order valence-corrected chi connectivity index (χ4v) is 2.41. The van der Waals surface area contributed by atoms with E-state index in [9.17, 15) is 0 Å². The van der Waals surface area contributed by atoms with Crippen molar-refractivity contribution in [2.24, 2.45) is 0 Å². The van der Waals surface area contributed by atoms with Gasteiger partial charge in [0.05, 0.1) is 17.7 Å². The molecule has 3 aromatic rings. The molecule has 0 aliphatic heterocycles. The summed E-state index contributed by atoms with van der Waals surface area (Å²) in [5, 5.41) is 4.87. The van der Waals surface area contributed by atoms with Crippen LogP contribution >= 0.6 is 23.2 Å². The Morgan fingerprint density at radius 3 is 2.70 bits per heavy atom. The average molecular weight is 351 g/mol. The van der Waals surface area contributed by atoms with Crippen molar-refractivity contribution in [1.29, 1.82) is 0 Å². The molecule has 0 spiro atoms. The lowest BCUT2D eigenvalue weighted by Crippen LogP contribution is -1.97. The van der Waals surface area contributed by atoms with Gasteiger partial charge in [-0.15, -0.1) is 0 Å². The zero-order valence-electron chi connectivity index (χ0n) is 12.1. The molecule has 0 saturated heterocycles. The Labute approximate surface area is 142 Å². The standard InChI is InChI=1S/C16H12Cl2N2O3/c1-21-11-3-2-4-12(8-11)22-9-15-19-16(23-20-15)13-6-5-10(17)7-14(13)18/h2-8H,9H2,1H3. The Hall–Kier alpha value is -2.24. The van der Waals surface area contributed by atoms with Crippen LogP contribution in [0.1, 0.15) is 5.82 Å². The first-order valence-electron chi connectivity index (χ1n) is 6.70. The van der Waals surface area contributed by atoms with E-state index in [0.29, 0.717) is 38.8 Å². The normalized spacial score (nSPS) is 10.6. The van der Waals surface area contributed by atoms with E-state index in [0.717, 1.165) is 0 Å². The maximum absolute atomic E-state index is 6.12. The van der Waals surface area contributed by atoms with E-state index in [1.54, 1.807) is 31.4 Å². The van der Waals surface area contributed by atoms with Gasteiger partial charge in [0, 0.05) is 11.1 Å². The van der Waals surface area contributed by atoms with Gasteiger partial charge in [-0.3, -0.25) is 0 Å². The Balaban J connectivity index is 1.72. The molecule has 1 heterocycles. The number of halogens is 2. The predicted molar refractivity (Wildman–Crippen MR) is 87.1 cm³/mol. The quantitative estimate of drug-likeness (QED) is 0.671. The molecule has 2 aromatic carbocycles. The number of ether oxygens (including phenoxy) is 2. The van der Waals surface area contributed by atoms with Gasteiger partial charge in [0.25, 0.3) is 5.89 Å². The molecule has 0 aliphatic carbocycles. The summed E-state index contributed by atoms with van der Waals surface area (Å²) in [4.78, 5) is 4.27. The van der Waals surface area contributed by atoms with Crippen LogP contribution in [0.5, 0.6) is 11.5 Å². The SMILES string of the molecule is COc1cccc(OCc2noc(-c3ccc(Cl)cc3Cl)n2)c1. The van der Waals surface area contributed by atoms with Crippen LogP contribution in [0.3, 0.4) is 0 Å². The molecule has 0 fully saturated rings. The van der Waals surface area contributed by atoms with Crippen molar-refractivity contribution >= 4 is 23.2 Å². The van der Waals surface area contributed by atoms with Crippen molar-refractivity contribution in [3.8, 4) is 23.0 Å². The second-order valence-electron chi connectivity index (χ2n) is 4.61. The van der Waals surface area contributed by atoms with Gasteiger partial charge in [0.15, 0.2) is 6.61 Å². The van der Waals surface area contributed by atoms with Crippen molar-refractivity contribution in [1.82, 2.24) is 10.1 Å². The van der Waals surface area contributed by atoms with Gasteiger partial charge < -0.3 is 14.0 Å². The molecule has 1 aromatic heterocycles. The highest BCUT2D eigenvalue weighted by molar-refractivity contribution is 6.36. The van der Waals surface area contributed by atoms with Crippen LogP contribution in [0.15, 0.2) is 47.0 Å². The van der Waals surface area contributed by atoms with Crippen molar-refractivity contribution in [3.63, 3.8) is 0 Å². The van der Waals surface area contributed by atoms with Crippen LogP contribution in [0.2, 0.25) is 10.0 Å². The maximum Gasteiger partial charge on any atom is 0.259 e. The van der Waals surface area contributed by atoms with E-state index in [4.69, 9.17) is 37.2 Å². The monoisotopic (exact) mass is 350 g/mol. The van der Waals surface area contributed by atoms with Crippen molar-refractivity contribution in [3.05, 3.63) is 58.3 Å². The van der Waals surface area contributed by atoms with E-state index in [1.807, 2.05) is 18.2 Å². The molecule has 0 bridgehead atoms. The molecule has 0 radical (unpaired) electrons. The fraction of sp³-hybridized carbons (Fsp3) is 0.125. The van der Waals surface area contributed by atoms with Gasteiger partial charge in [-0.2, -0.15) is 4.98 Å². The molecule has 3 rings (SSSR count). The van der Waals surface area contributed by atoms with Crippen LogP contribution < -0.4 is 9.47 Å². The number of rotatable bonds is 5. The third-order valence-electron chi connectivity index (χ3n) is 3.04. The van der Waals surface area contributed by atoms with Crippen molar-refractivity contribution in [2.75, 3.05) is 7.11 Å². The second-order valence-corrected chi connectivity index (χ2v) is 5.45. The van der Waals surface area contributed by atoms with Crippen LogP contribution in [-0.2, 0) is 6.61 Å². The van der Waals surface area contributed by atoms with Crippen molar-refractivity contribution < 1.29 is 14.0 Å². The van der Waals surface area contributed by atoms with E-state index < -0.39 is 0 Å². The third-order valence-corrected chi connectivity index (χ3v) is 3.59. The maximum atomic E-state index is 6.12. The first-order chi connectivity index (χ1) is 11.2. The molecule has 0 aliphatic rings. The molecule has 0 N–H and O–H groups in total. The zero-order chi connectivity index (χ0) is 16.2. The van der Waals surface area contributed by atoms with Gasteiger partial charge in [-0.1, -0.05) is 34.4 Å². The lowest BCUT2D eigenvalue weighted by molar-refractivity contribution is 0.285.